The number of rotatable bonds is 6. The van der Waals surface area contributed by atoms with Crippen LogP contribution < -0.4 is 5.32 Å². The molecule has 1 rings (SSSR count). The summed E-state index contributed by atoms with van der Waals surface area (Å²) in [5.74, 6) is 1.30. The van der Waals surface area contributed by atoms with Gasteiger partial charge in [-0.15, -0.1) is 0 Å². The van der Waals surface area contributed by atoms with Gasteiger partial charge >= 0.3 is 0 Å². The molecule has 0 saturated carbocycles. The van der Waals surface area contributed by atoms with Gasteiger partial charge in [-0.2, -0.15) is 11.8 Å². The molecule has 2 nitrogen and oxygen atoms in total. The average Bonchev–Trinajstić information content (AvgIpc) is 2.18. The molecule has 1 fully saturated rings. The molecule has 0 bridgehead atoms. The number of hydrogen-bond donors (Lipinski definition) is 1. The second kappa shape index (κ2) is 7.55. The van der Waals surface area contributed by atoms with Crippen LogP contribution >= 0.6 is 11.8 Å². The van der Waals surface area contributed by atoms with Gasteiger partial charge in [0.1, 0.15) is 0 Å². The number of thioether (sulfide) groups is 1. The van der Waals surface area contributed by atoms with Crippen LogP contribution in [0, 0.1) is 0 Å². The van der Waals surface area contributed by atoms with Crippen molar-refractivity contribution in [2.24, 2.45) is 0 Å². The summed E-state index contributed by atoms with van der Waals surface area (Å²) in [7, 11) is 0. The first-order valence-corrected chi connectivity index (χ1v) is 6.76. The maximum atomic E-state index is 5.33. The van der Waals surface area contributed by atoms with Crippen LogP contribution in [0.1, 0.15) is 33.1 Å². The van der Waals surface area contributed by atoms with E-state index in [1.165, 1.54) is 25.0 Å². The quantitative estimate of drug-likeness (QED) is 0.690. The smallest absolute Gasteiger partial charge is 0.0476 e. The summed E-state index contributed by atoms with van der Waals surface area (Å²) >= 11 is 2.13. The number of hydrogen-bond acceptors (Lipinski definition) is 3. The first-order valence-electron chi connectivity index (χ1n) is 5.72. The van der Waals surface area contributed by atoms with E-state index in [4.69, 9.17) is 4.74 Å². The van der Waals surface area contributed by atoms with Gasteiger partial charge in [-0.1, -0.05) is 13.8 Å². The van der Waals surface area contributed by atoms with Gasteiger partial charge < -0.3 is 10.1 Å². The molecule has 1 aliphatic heterocycles. The molecular formula is C11H23NOS. The molecule has 0 aliphatic carbocycles. The minimum atomic E-state index is 0.628. The van der Waals surface area contributed by atoms with Crippen LogP contribution in [0.4, 0.5) is 0 Å². The maximum Gasteiger partial charge on any atom is 0.0476 e. The van der Waals surface area contributed by atoms with Crippen molar-refractivity contribution in [2.45, 2.75) is 44.4 Å². The summed E-state index contributed by atoms with van der Waals surface area (Å²) < 4.78 is 5.33. The Labute approximate surface area is 92.2 Å². The van der Waals surface area contributed by atoms with Gasteiger partial charge in [0.05, 0.1) is 0 Å². The van der Waals surface area contributed by atoms with Gasteiger partial charge in [-0.25, -0.2) is 0 Å². The fourth-order valence-corrected chi connectivity index (χ4v) is 2.73. The predicted molar refractivity (Wildman–Crippen MR) is 64.1 cm³/mol. The lowest BCUT2D eigenvalue weighted by atomic mass is 10.2. The first kappa shape index (κ1) is 12.3. The number of nitrogens with one attached hydrogen (secondary N) is 1. The summed E-state index contributed by atoms with van der Waals surface area (Å²) in [5.41, 5.74) is 0. The molecule has 14 heavy (non-hydrogen) atoms. The third-order valence-corrected chi connectivity index (χ3v) is 3.86. The highest BCUT2D eigenvalue weighted by Crippen LogP contribution is 2.22. The third kappa shape index (κ3) is 5.89. The molecule has 0 atom stereocenters. The highest BCUT2D eigenvalue weighted by atomic mass is 32.2. The SMILES string of the molecule is CC(C)NCCCSC1CCOCC1. The second-order valence-corrected chi connectivity index (χ2v) is 5.55. The standard InChI is InChI=1S/C11H23NOS/c1-10(2)12-6-3-9-14-11-4-7-13-8-5-11/h10-12H,3-9H2,1-2H3. The van der Waals surface area contributed by atoms with Crippen LogP contribution in [0.2, 0.25) is 0 Å². The molecule has 1 N–H and O–H groups in total. The summed E-state index contributed by atoms with van der Waals surface area (Å²) in [6, 6.07) is 0.628. The topological polar surface area (TPSA) is 21.3 Å². The molecule has 0 unspecified atom stereocenters. The molecule has 3 heteroatoms. The number of ether oxygens (including phenoxy) is 1. The highest BCUT2D eigenvalue weighted by Gasteiger charge is 2.13. The Balaban J connectivity index is 1.87. The predicted octanol–water partition coefficient (Wildman–Crippen LogP) is 2.29. The maximum absolute atomic E-state index is 5.33. The molecule has 0 aromatic heterocycles. The van der Waals surface area contributed by atoms with Gasteiger partial charge in [0.2, 0.25) is 0 Å². The Hall–Kier alpha value is 0.270. The van der Waals surface area contributed by atoms with E-state index in [9.17, 15) is 0 Å². The van der Waals surface area contributed by atoms with Crippen molar-refractivity contribution < 1.29 is 4.74 Å². The van der Waals surface area contributed by atoms with Gasteiger partial charge in [-0.05, 0) is 31.6 Å². The molecule has 0 amide bonds. The van der Waals surface area contributed by atoms with Crippen molar-refractivity contribution >= 4 is 11.8 Å². The summed E-state index contributed by atoms with van der Waals surface area (Å²) in [4.78, 5) is 0. The lowest BCUT2D eigenvalue weighted by molar-refractivity contribution is 0.100. The third-order valence-electron chi connectivity index (χ3n) is 2.40. The zero-order chi connectivity index (χ0) is 10.2. The molecule has 84 valence electrons. The van der Waals surface area contributed by atoms with Gasteiger partial charge in [0.15, 0.2) is 0 Å². The van der Waals surface area contributed by atoms with Crippen LogP contribution in [0.15, 0.2) is 0 Å². The Bertz CT molecular complexity index is 135. The minimum Gasteiger partial charge on any atom is -0.381 e. The van der Waals surface area contributed by atoms with E-state index in [-0.39, 0.29) is 0 Å². The average molecular weight is 217 g/mol. The molecule has 0 spiro atoms. The van der Waals surface area contributed by atoms with Crippen molar-refractivity contribution in [3.8, 4) is 0 Å². The van der Waals surface area contributed by atoms with Gasteiger partial charge in [0.25, 0.3) is 0 Å². The monoisotopic (exact) mass is 217 g/mol. The second-order valence-electron chi connectivity index (χ2n) is 4.14. The van der Waals surface area contributed by atoms with E-state index in [1.807, 2.05) is 0 Å². The van der Waals surface area contributed by atoms with Gasteiger partial charge in [-0.3, -0.25) is 0 Å². The Morgan fingerprint density at radius 1 is 1.36 bits per heavy atom. The first-order chi connectivity index (χ1) is 6.79. The van der Waals surface area contributed by atoms with E-state index in [2.05, 4.69) is 30.9 Å². The van der Waals surface area contributed by atoms with Crippen molar-refractivity contribution in [2.75, 3.05) is 25.5 Å². The van der Waals surface area contributed by atoms with Crippen molar-refractivity contribution in [1.82, 2.24) is 5.32 Å². The molecule has 0 aromatic rings. The molecule has 1 saturated heterocycles. The van der Waals surface area contributed by atoms with Gasteiger partial charge in [0, 0.05) is 24.5 Å². The lowest BCUT2D eigenvalue weighted by Crippen LogP contribution is -2.24. The van der Waals surface area contributed by atoms with E-state index in [0.717, 1.165) is 25.0 Å². The largest absolute Gasteiger partial charge is 0.381 e. The Morgan fingerprint density at radius 3 is 2.71 bits per heavy atom. The van der Waals surface area contributed by atoms with Crippen molar-refractivity contribution in [3.05, 3.63) is 0 Å². The van der Waals surface area contributed by atoms with Crippen molar-refractivity contribution in [3.63, 3.8) is 0 Å². The molecule has 0 radical (unpaired) electrons. The van der Waals surface area contributed by atoms with E-state index >= 15 is 0 Å². The molecule has 1 aliphatic rings. The lowest BCUT2D eigenvalue weighted by Gasteiger charge is -2.21. The van der Waals surface area contributed by atoms with E-state index in [1.54, 1.807) is 0 Å². The fourth-order valence-electron chi connectivity index (χ4n) is 1.56. The van der Waals surface area contributed by atoms with Crippen LogP contribution in [0.5, 0.6) is 0 Å². The van der Waals surface area contributed by atoms with Crippen LogP contribution in [-0.2, 0) is 4.74 Å². The zero-order valence-corrected chi connectivity index (χ0v) is 10.2. The highest BCUT2D eigenvalue weighted by molar-refractivity contribution is 7.99. The van der Waals surface area contributed by atoms with E-state index < -0.39 is 0 Å². The van der Waals surface area contributed by atoms with Crippen molar-refractivity contribution in [1.29, 1.82) is 0 Å². The van der Waals surface area contributed by atoms with Crippen LogP contribution in [0.3, 0.4) is 0 Å². The fraction of sp³-hybridized carbons (Fsp3) is 1.00. The Kier molecular flexibility index (Phi) is 6.65. The summed E-state index contributed by atoms with van der Waals surface area (Å²) in [5, 5.41) is 4.31. The van der Waals surface area contributed by atoms with Crippen LogP contribution in [0.25, 0.3) is 0 Å². The zero-order valence-electron chi connectivity index (χ0n) is 9.42. The molecular weight excluding hydrogens is 194 g/mol. The minimum absolute atomic E-state index is 0.628. The van der Waals surface area contributed by atoms with Crippen LogP contribution in [-0.4, -0.2) is 36.8 Å². The Morgan fingerprint density at radius 2 is 2.07 bits per heavy atom. The molecule has 0 aromatic carbocycles. The summed E-state index contributed by atoms with van der Waals surface area (Å²) in [6.07, 6.45) is 3.80. The summed E-state index contributed by atoms with van der Waals surface area (Å²) in [6.45, 7) is 7.51. The normalized spacial score (nSPS) is 19.1. The molecule has 1 heterocycles. The van der Waals surface area contributed by atoms with E-state index in [0.29, 0.717) is 6.04 Å².